The molecule has 0 saturated carbocycles. The molecule has 7 heteroatoms. The zero-order valence-electron chi connectivity index (χ0n) is 21.0. The van der Waals surface area contributed by atoms with Crippen molar-refractivity contribution in [3.05, 3.63) is 82.4 Å². The van der Waals surface area contributed by atoms with Gasteiger partial charge in [0.25, 0.3) is 0 Å². The minimum Gasteiger partial charge on any atom is -0.508 e. The van der Waals surface area contributed by atoms with Gasteiger partial charge in [0.1, 0.15) is 35.7 Å². The molecule has 1 saturated heterocycles. The molecular formula is C30H31ClFNO4. The fourth-order valence-corrected chi connectivity index (χ4v) is 5.30. The molecule has 2 aliphatic heterocycles. The van der Waals surface area contributed by atoms with Gasteiger partial charge in [0.05, 0.1) is 11.7 Å². The van der Waals surface area contributed by atoms with Gasteiger partial charge in [-0.05, 0) is 79.9 Å². The molecule has 37 heavy (non-hydrogen) atoms. The summed E-state index contributed by atoms with van der Waals surface area (Å²) in [7, 11) is 0. The van der Waals surface area contributed by atoms with Crippen LogP contribution in [0.15, 0.2) is 60.7 Å². The zero-order valence-corrected chi connectivity index (χ0v) is 21.7. The number of benzene rings is 3. The number of nitrogens with zero attached hydrogens (tertiary/aromatic N) is 1. The molecule has 0 amide bonds. The van der Waals surface area contributed by atoms with E-state index in [4.69, 9.17) is 21.1 Å². The molecule has 2 N–H and O–H groups in total. The maximum atomic E-state index is 13.0. The molecule has 194 valence electrons. The highest BCUT2D eigenvalue weighted by molar-refractivity contribution is 6.32. The second-order valence-electron chi connectivity index (χ2n) is 9.92. The third-order valence-electron chi connectivity index (χ3n) is 7.37. The second-order valence-corrected chi connectivity index (χ2v) is 10.3. The minimum atomic E-state index is -0.468. The van der Waals surface area contributed by atoms with Crippen LogP contribution < -0.4 is 9.47 Å². The van der Waals surface area contributed by atoms with E-state index in [0.717, 1.165) is 53.1 Å². The van der Waals surface area contributed by atoms with Crippen LogP contribution >= 0.6 is 11.6 Å². The lowest BCUT2D eigenvalue weighted by Gasteiger charge is -2.31. The third kappa shape index (κ3) is 5.27. The molecule has 0 spiro atoms. The number of aromatic hydroxyl groups is 2. The standard InChI is InChI=1S/C30H31ClFNO4/c1-18(33-12-11-20(15-32)16-33)17-36-24-7-3-21(4-8-24)30-29(22-5-10-26(31)27(35)13-22)19(2)25-9-6-23(34)14-28(25)37-30/h3-10,13-14,18,20,30,34-35H,11-12,15-17H2,1-2H3/t18-,20-,30?/m0/s1. The quantitative estimate of drug-likeness (QED) is 0.353. The molecule has 2 heterocycles. The van der Waals surface area contributed by atoms with Gasteiger partial charge in [-0.2, -0.15) is 0 Å². The smallest absolute Gasteiger partial charge is 0.150 e. The number of phenolic OH excluding ortho intramolecular Hbond substituents is 2. The number of hydrogen-bond donors (Lipinski definition) is 2. The third-order valence-corrected chi connectivity index (χ3v) is 7.69. The summed E-state index contributed by atoms with van der Waals surface area (Å²) in [6.45, 7) is 6.08. The van der Waals surface area contributed by atoms with E-state index in [1.54, 1.807) is 24.3 Å². The minimum absolute atomic E-state index is 0.00317. The number of phenols is 2. The molecule has 3 aromatic rings. The van der Waals surface area contributed by atoms with Gasteiger partial charge in [-0.3, -0.25) is 9.29 Å². The fraction of sp³-hybridized carbons (Fsp3) is 0.333. The SMILES string of the molecule is CC1=C(c2ccc(Cl)c(O)c2)C(c2ccc(OC[C@H](C)N3CC[C@@H](CF)C3)cc2)Oc2cc(O)ccc21. The highest BCUT2D eigenvalue weighted by Crippen LogP contribution is 2.48. The van der Waals surface area contributed by atoms with Crippen molar-refractivity contribution in [2.45, 2.75) is 32.4 Å². The molecule has 5 nitrogen and oxygen atoms in total. The second kappa shape index (κ2) is 10.6. The molecule has 0 aromatic heterocycles. The van der Waals surface area contributed by atoms with Gasteiger partial charge >= 0.3 is 0 Å². The molecule has 2 aliphatic rings. The number of halogens is 2. The van der Waals surface area contributed by atoms with E-state index in [-0.39, 0.29) is 35.2 Å². The number of likely N-dealkylation sites (tertiary alicyclic amines) is 1. The first-order valence-corrected chi connectivity index (χ1v) is 12.9. The number of alkyl halides is 1. The van der Waals surface area contributed by atoms with E-state index in [0.29, 0.717) is 12.4 Å². The van der Waals surface area contributed by atoms with Crippen LogP contribution in [0.3, 0.4) is 0 Å². The average molecular weight is 524 g/mol. The van der Waals surface area contributed by atoms with E-state index in [1.165, 1.54) is 0 Å². The average Bonchev–Trinajstić information content (AvgIpc) is 3.39. The maximum Gasteiger partial charge on any atom is 0.150 e. The van der Waals surface area contributed by atoms with Crippen LogP contribution in [-0.4, -0.2) is 47.5 Å². The van der Waals surface area contributed by atoms with Gasteiger partial charge in [0.15, 0.2) is 0 Å². The van der Waals surface area contributed by atoms with Gasteiger partial charge in [-0.25, -0.2) is 0 Å². The number of fused-ring (bicyclic) bond motifs is 1. The number of hydrogen-bond acceptors (Lipinski definition) is 5. The van der Waals surface area contributed by atoms with E-state index >= 15 is 0 Å². The maximum absolute atomic E-state index is 13.0. The Kier molecular flexibility index (Phi) is 7.31. The summed E-state index contributed by atoms with van der Waals surface area (Å²) in [6, 6.07) is 18.3. The van der Waals surface area contributed by atoms with Crippen LogP contribution in [-0.2, 0) is 0 Å². The van der Waals surface area contributed by atoms with Crippen molar-refractivity contribution in [3.63, 3.8) is 0 Å². The lowest BCUT2D eigenvalue weighted by Crippen LogP contribution is -2.35. The number of rotatable bonds is 7. The monoisotopic (exact) mass is 523 g/mol. The summed E-state index contributed by atoms with van der Waals surface area (Å²) in [5.41, 5.74) is 4.48. The van der Waals surface area contributed by atoms with Gasteiger partial charge < -0.3 is 19.7 Å². The van der Waals surface area contributed by atoms with Crippen molar-refractivity contribution in [2.75, 3.05) is 26.4 Å². The molecule has 0 bridgehead atoms. The highest BCUT2D eigenvalue weighted by atomic mass is 35.5. The van der Waals surface area contributed by atoms with Crippen LogP contribution in [0.5, 0.6) is 23.0 Å². The van der Waals surface area contributed by atoms with Gasteiger partial charge in [0, 0.05) is 35.7 Å². The van der Waals surface area contributed by atoms with Crippen molar-refractivity contribution in [1.82, 2.24) is 4.90 Å². The fourth-order valence-electron chi connectivity index (χ4n) is 5.18. The summed E-state index contributed by atoms with van der Waals surface area (Å²) < 4.78 is 25.5. The predicted molar refractivity (Wildman–Crippen MR) is 144 cm³/mol. The lowest BCUT2D eigenvalue weighted by molar-refractivity contribution is 0.165. The Balaban J connectivity index is 1.39. The first-order valence-electron chi connectivity index (χ1n) is 12.6. The molecule has 5 rings (SSSR count). The molecule has 1 unspecified atom stereocenters. The highest BCUT2D eigenvalue weighted by Gasteiger charge is 2.30. The Labute approximate surface area is 221 Å². The molecule has 0 aliphatic carbocycles. The van der Waals surface area contributed by atoms with Crippen molar-refractivity contribution in [3.8, 4) is 23.0 Å². The lowest BCUT2D eigenvalue weighted by atomic mass is 9.86. The Morgan fingerprint density at radius 2 is 1.89 bits per heavy atom. The van der Waals surface area contributed by atoms with Crippen LogP contribution in [0.4, 0.5) is 4.39 Å². The number of allylic oxidation sites excluding steroid dienone is 1. The predicted octanol–water partition coefficient (Wildman–Crippen LogP) is 6.87. The first kappa shape index (κ1) is 25.4. The Morgan fingerprint density at radius 1 is 1.11 bits per heavy atom. The largest absolute Gasteiger partial charge is 0.508 e. The number of ether oxygens (including phenoxy) is 2. The van der Waals surface area contributed by atoms with Crippen molar-refractivity contribution >= 4 is 22.7 Å². The Morgan fingerprint density at radius 3 is 2.59 bits per heavy atom. The van der Waals surface area contributed by atoms with E-state index in [1.807, 2.05) is 43.3 Å². The van der Waals surface area contributed by atoms with E-state index in [9.17, 15) is 14.6 Å². The first-order chi connectivity index (χ1) is 17.8. The molecule has 3 aromatic carbocycles. The molecular weight excluding hydrogens is 493 g/mol. The van der Waals surface area contributed by atoms with Gasteiger partial charge in [0.2, 0.25) is 0 Å². The summed E-state index contributed by atoms with van der Waals surface area (Å²) in [4.78, 5) is 2.28. The summed E-state index contributed by atoms with van der Waals surface area (Å²) in [5.74, 6) is 1.61. The van der Waals surface area contributed by atoms with Crippen LogP contribution in [0.1, 0.15) is 43.1 Å². The topological polar surface area (TPSA) is 62.2 Å². The van der Waals surface area contributed by atoms with E-state index in [2.05, 4.69) is 11.8 Å². The van der Waals surface area contributed by atoms with Crippen LogP contribution in [0.2, 0.25) is 5.02 Å². The normalized spacial score (nSPS) is 20.4. The molecule has 1 fully saturated rings. The summed E-state index contributed by atoms with van der Waals surface area (Å²) >= 11 is 6.07. The van der Waals surface area contributed by atoms with E-state index < -0.39 is 6.10 Å². The van der Waals surface area contributed by atoms with Crippen molar-refractivity contribution in [1.29, 1.82) is 0 Å². The zero-order chi connectivity index (χ0) is 26.1. The Bertz CT molecular complexity index is 1310. The van der Waals surface area contributed by atoms with Crippen molar-refractivity contribution < 1.29 is 24.1 Å². The Hall–Kier alpha value is -3.22. The summed E-state index contributed by atoms with van der Waals surface area (Å²) in [6.07, 6.45) is 0.434. The molecule has 3 atom stereocenters. The van der Waals surface area contributed by atoms with Gasteiger partial charge in [-0.1, -0.05) is 29.8 Å². The van der Waals surface area contributed by atoms with Crippen molar-refractivity contribution in [2.24, 2.45) is 5.92 Å². The molecule has 0 radical (unpaired) electrons. The van der Waals surface area contributed by atoms with Gasteiger partial charge in [-0.15, -0.1) is 0 Å². The van der Waals surface area contributed by atoms with Crippen LogP contribution in [0, 0.1) is 5.92 Å². The van der Waals surface area contributed by atoms with Crippen LogP contribution in [0.25, 0.3) is 11.1 Å². The summed E-state index contributed by atoms with van der Waals surface area (Å²) in [5, 5.41) is 20.6.